The highest BCUT2D eigenvalue weighted by Gasteiger charge is 2.15. The molecule has 0 atom stereocenters. The molecule has 2 aromatic carbocycles. The number of halogens is 3. The smallest absolute Gasteiger partial charge is 0.325 e. The number of anilines is 1. The number of nitrogens with one attached hydrogen (secondary N) is 2. The van der Waals surface area contributed by atoms with Crippen molar-refractivity contribution in [2.45, 2.75) is 20.3 Å². The van der Waals surface area contributed by atoms with Gasteiger partial charge < -0.3 is 20.1 Å². The van der Waals surface area contributed by atoms with Gasteiger partial charge in [0.25, 0.3) is 0 Å². The molecule has 0 unspecified atom stereocenters. The largest absolute Gasteiger partial charge is 0.468 e. The monoisotopic (exact) mass is 530 g/mol. The lowest BCUT2D eigenvalue weighted by molar-refractivity contribution is -0.141. The average Bonchev–Trinajstić information content (AvgIpc) is 2.70. The molecule has 2 aromatic rings. The van der Waals surface area contributed by atoms with E-state index < -0.39 is 5.97 Å². The molecule has 0 aromatic heterocycles. The summed E-state index contributed by atoms with van der Waals surface area (Å²) in [6, 6.07) is 8.17. The van der Waals surface area contributed by atoms with Gasteiger partial charge in [0.1, 0.15) is 12.3 Å². The maximum Gasteiger partial charge on any atom is 0.325 e. The zero-order valence-corrected chi connectivity index (χ0v) is 20.2. The van der Waals surface area contributed by atoms with E-state index in [0.717, 1.165) is 0 Å². The first kappa shape index (κ1) is 25.0. The zero-order chi connectivity index (χ0) is 23.1. The summed E-state index contributed by atoms with van der Waals surface area (Å²) in [6.07, 6.45) is -0.0213. The minimum atomic E-state index is -0.547. The molecule has 2 N–H and O–H groups in total. The van der Waals surface area contributed by atoms with E-state index in [1.807, 2.05) is 0 Å². The maximum absolute atomic E-state index is 11.9. The molecule has 0 spiro atoms. The molecule has 0 aliphatic carbocycles. The molecule has 7 nitrogen and oxygen atoms in total. The molecule has 166 valence electrons. The second kappa shape index (κ2) is 11.4. The van der Waals surface area contributed by atoms with Crippen LogP contribution in [-0.2, 0) is 25.5 Å². The van der Waals surface area contributed by atoms with Crippen LogP contribution in [0.4, 0.5) is 5.69 Å². The summed E-state index contributed by atoms with van der Waals surface area (Å²) in [6.45, 7) is 3.38. The lowest BCUT2D eigenvalue weighted by Crippen LogP contribution is -2.31. The highest BCUT2D eigenvalue weighted by atomic mass is 79.9. The topological polar surface area (TPSA) is 93.7 Å². The van der Waals surface area contributed by atoms with Crippen LogP contribution in [0.3, 0.4) is 0 Å². The minimum Gasteiger partial charge on any atom is -0.468 e. The molecule has 2 rings (SSSR count). The number of hydrogen-bond donors (Lipinski definition) is 2. The van der Waals surface area contributed by atoms with Gasteiger partial charge in [-0.3, -0.25) is 14.4 Å². The summed E-state index contributed by atoms with van der Waals surface area (Å²) in [5, 5.41) is 5.69. The summed E-state index contributed by atoms with van der Waals surface area (Å²) < 4.78 is 10.9. The lowest BCUT2D eigenvalue weighted by Gasteiger charge is -2.14. The molecule has 0 fully saturated rings. The van der Waals surface area contributed by atoms with Crippen molar-refractivity contribution in [3.05, 3.63) is 50.4 Å². The van der Waals surface area contributed by atoms with Crippen molar-refractivity contribution in [3.8, 4) is 11.5 Å². The molecule has 0 heterocycles. The minimum absolute atomic E-state index is 0.0213. The number of methoxy groups -OCH3 is 1. The number of carbonyl (C=O) groups excluding carboxylic acids is 3. The number of rotatable bonds is 8. The Hall–Kier alpha value is -2.29. The van der Waals surface area contributed by atoms with E-state index in [9.17, 15) is 14.4 Å². The van der Waals surface area contributed by atoms with Crippen LogP contribution in [0.1, 0.15) is 19.4 Å². The first-order chi connectivity index (χ1) is 14.6. The fourth-order valence-corrected chi connectivity index (χ4v) is 3.42. The highest BCUT2D eigenvalue weighted by Crippen LogP contribution is 2.39. The van der Waals surface area contributed by atoms with Gasteiger partial charge in [0, 0.05) is 10.4 Å². The quantitative estimate of drug-likeness (QED) is 0.469. The number of hydrogen-bond acceptors (Lipinski definition) is 5. The van der Waals surface area contributed by atoms with Crippen molar-refractivity contribution >= 4 is 62.6 Å². The molecular weight excluding hydrogens is 511 g/mol. The molecule has 0 radical (unpaired) electrons. The Morgan fingerprint density at radius 1 is 1.10 bits per heavy atom. The van der Waals surface area contributed by atoms with Gasteiger partial charge in [0.15, 0.2) is 5.75 Å². The van der Waals surface area contributed by atoms with Gasteiger partial charge in [0.2, 0.25) is 11.8 Å². The van der Waals surface area contributed by atoms with Crippen LogP contribution >= 0.6 is 39.1 Å². The summed E-state index contributed by atoms with van der Waals surface area (Å²) >= 11 is 16.0. The van der Waals surface area contributed by atoms with Crippen LogP contribution in [0.2, 0.25) is 10.0 Å². The SMILES string of the molecule is COC(=O)CNC(=O)Cc1cc(Cl)c(Oc2ccc(NC(=O)C(C)C)c(Br)c2)c(Cl)c1. The second-order valence-corrected chi connectivity index (χ2v) is 8.47. The van der Waals surface area contributed by atoms with E-state index in [1.165, 1.54) is 7.11 Å². The molecule has 0 aliphatic heterocycles. The van der Waals surface area contributed by atoms with Crippen molar-refractivity contribution in [1.82, 2.24) is 5.32 Å². The third-order valence-corrected chi connectivity index (χ3v) is 5.24. The van der Waals surface area contributed by atoms with Crippen LogP contribution in [-0.4, -0.2) is 31.4 Å². The fraction of sp³-hybridized carbons (Fsp3) is 0.286. The number of esters is 1. The van der Waals surface area contributed by atoms with Crippen molar-refractivity contribution < 1.29 is 23.9 Å². The van der Waals surface area contributed by atoms with E-state index in [0.29, 0.717) is 21.5 Å². The Morgan fingerprint density at radius 3 is 2.29 bits per heavy atom. The number of benzene rings is 2. The Labute approximate surface area is 198 Å². The highest BCUT2D eigenvalue weighted by molar-refractivity contribution is 9.10. The van der Waals surface area contributed by atoms with Crippen LogP contribution in [0.25, 0.3) is 0 Å². The molecule has 0 aliphatic rings. The Bertz CT molecular complexity index is 975. The number of amides is 2. The van der Waals surface area contributed by atoms with Gasteiger partial charge in [0.05, 0.1) is 29.3 Å². The predicted molar refractivity (Wildman–Crippen MR) is 123 cm³/mol. The summed E-state index contributed by atoms with van der Waals surface area (Å²) in [5.74, 6) is -0.508. The normalized spacial score (nSPS) is 10.5. The van der Waals surface area contributed by atoms with Crippen molar-refractivity contribution in [2.75, 3.05) is 19.0 Å². The Kier molecular flexibility index (Phi) is 9.15. The summed E-state index contributed by atoms with van der Waals surface area (Å²) in [7, 11) is 1.24. The number of ether oxygens (including phenoxy) is 2. The van der Waals surface area contributed by atoms with Gasteiger partial charge in [-0.2, -0.15) is 0 Å². The van der Waals surface area contributed by atoms with Gasteiger partial charge >= 0.3 is 5.97 Å². The van der Waals surface area contributed by atoms with Crippen LogP contribution in [0.15, 0.2) is 34.8 Å². The third kappa shape index (κ3) is 7.41. The molecular formula is C21H21BrCl2N2O5. The first-order valence-electron chi connectivity index (χ1n) is 9.20. The predicted octanol–water partition coefficient (Wildman–Crippen LogP) is 4.97. The van der Waals surface area contributed by atoms with Gasteiger partial charge in [-0.1, -0.05) is 37.0 Å². The average molecular weight is 532 g/mol. The molecule has 10 heteroatoms. The molecule has 0 saturated carbocycles. The number of carbonyl (C=O) groups is 3. The lowest BCUT2D eigenvalue weighted by atomic mass is 10.1. The van der Waals surface area contributed by atoms with Crippen LogP contribution in [0.5, 0.6) is 11.5 Å². The van der Waals surface area contributed by atoms with Gasteiger partial charge in [-0.05, 0) is 51.8 Å². The Balaban J connectivity index is 2.10. The van der Waals surface area contributed by atoms with E-state index in [1.54, 1.807) is 44.2 Å². The van der Waals surface area contributed by atoms with Crippen molar-refractivity contribution in [1.29, 1.82) is 0 Å². The molecule has 31 heavy (non-hydrogen) atoms. The fourth-order valence-electron chi connectivity index (χ4n) is 2.36. The van der Waals surface area contributed by atoms with Gasteiger partial charge in [-0.15, -0.1) is 0 Å². The second-order valence-electron chi connectivity index (χ2n) is 6.81. The van der Waals surface area contributed by atoms with Gasteiger partial charge in [-0.25, -0.2) is 0 Å². The van der Waals surface area contributed by atoms with E-state index >= 15 is 0 Å². The molecule has 2 amide bonds. The van der Waals surface area contributed by atoms with Crippen molar-refractivity contribution in [3.63, 3.8) is 0 Å². The van der Waals surface area contributed by atoms with Crippen molar-refractivity contribution in [2.24, 2.45) is 5.92 Å². The van der Waals surface area contributed by atoms with Crippen LogP contribution < -0.4 is 15.4 Å². The molecule has 0 bridgehead atoms. The summed E-state index contributed by atoms with van der Waals surface area (Å²) in [5.41, 5.74) is 1.16. The Morgan fingerprint density at radius 2 is 1.74 bits per heavy atom. The van der Waals surface area contributed by atoms with E-state index in [2.05, 4.69) is 31.3 Å². The third-order valence-electron chi connectivity index (χ3n) is 4.02. The first-order valence-corrected chi connectivity index (χ1v) is 10.7. The molecule has 0 saturated heterocycles. The van der Waals surface area contributed by atoms with Crippen LogP contribution in [0, 0.1) is 5.92 Å². The zero-order valence-electron chi connectivity index (χ0n) is 17.1. The standard InChI is InChI=1S/C21H21BrCl2N2O5/c1-11(2)21(29)26-17-5-4-13(9-14(17)22)31-20-15(23)6-12(7-16(20)24)8-18(27)25-10-19(28)30-3/h4-7,9,11H,8,10H2,1-3H3,(H,25,27)(H,26,29). The van der Waals surface area contributed by atoms with E-state index in [4.69, 9.17) is 27.9 Å². The summed E-state index contributed by atoms with van der Waals surface area (Å²) in [4.78, 5) is 34.9. The maximum atomic E-state index is 11.9. The van der Waals surface area contributed by atoms with E-state index in [-0.39, 0.29) is 46.5 Å².